The third kappa shape index (κ3) is 8.07. The summed E-state index contributed by atoms with van der Waals surface area (Å²) in [5.74, 6) is 2.37. The molecule has 1 aromatic carbocycles. The van der Waals surface area contributed by atoms with E-state index in [1.54, 1.807) is 7.11 Å². The largest absolute Gasteiger partial charge is 0.496 e. The quantitative estimate of drug-likeness (QED) is 0.283. The molecule has 31 heavy (non-hydrogen) atoms. The Balaban J connectivity index is 0.00000341. The molecule has 0 bridgehead atoms. The van der Waals surface area contributed by atoms with Crippen molar-refractivity contribution in [2.45, 2.75) is 25.8 Å². The minimum Gasteiger partial charge on any atom is -0.496 e. The van der Waals surface area contributed by atoms with E-state index < -0.39 is 0 Å². The third-order valence-electron chi connectivity index (χ3n) is 6.06. The van der Waals surface area contributed by atoms with Gasteiger partial charge in [0.05, 0.1) is 26.4 Å². The molecule has 2 unspecified atom stereocenters. The number of likely N-dealkylation sites (tertiary alicyclic amines) is 1. The molecule has 176 valence electrons. The minimum atomic E-state index is 0. The average molecular weight is 546 g/mol. The molecular weight excluding hydrogens is 505 g/mol. The van der Waals surface area contributed by atoms with E-state index in [1.165, 1.54) is 18.4 Å². The fourth-order valence-corrected chi connectivity index (χ4v) is 4.40. The zero-order valence-electron chi connectivity index (χ0n) is 19.3. The van der Waals surface area contributed by atoms with Crippen LogP contribution in [0.5, 0.6) is 5.75 Å². The van der Waals surface area contributed by atoms with Crippen LogP contribution in [0.3, 0.4) is 0 Å². The SMILES string of the molecule is CN=C(NCC(C)CN1CCOCC1)NCC(c1ccccc1OC)N1CCCC1.I. The third-order valence-corrected chi connectivity index (χ3v) is 6.06. The van der Waals surface area contributed by atoms with Gasteiger partial charge in [-0.3, -0.25) is 14.8 Å². The summed E-state index contributed by atoms with van der Waals surface area (Å²) in [4.78, 5) is 9.49. The zero-order valence-corrected chi connectivity index (χ0v) is 21.6. The van der Waals surface area contributed by atoms with E-state index in [0.717, 1.165) is 70.7 Å². The molecule has 2 fully saturated rings. The Kier molecular flexibility index (Phi) is 11.9. The Morgan fingerprint density at radius 1 is 1.10 bits per heavy atom. The van der Waals surface area contributed by atoms with Crippen molar-refractivity contribution in [1.82, 2.24) is 20.4 Å². The normalized spacial score (nSPS) is 20.0. The van der Waals surface area contributed by atoms with E-state index >= 15 is 0 Å². The van der Waals surface area contributed by atoms with E-state index in [1.807, 2.05) is 13.1 Å². The molecular formula is C23H40IN5O2. The Bertz CT molecular complexity index is 663. The van der Waals surface area contributed by atoms with E-state index in [0.29, 0.717) is 5.92 Å². The molecule has 0 saturated carbocycles. The molecule has 0 aromatic heterocycles. The van der Waals surface area contributed by atoms with Crippen LogP contribution >= 0.6 is 24.0 Å². The molecule has 0 radical (unpaired) electrons. The number of benzene rings is 1. The number of halogens is 1. The fourth-order valence-electron chi connectivity index (χ4n) is 4.40. The van der Waals surface area contributed by atoms with Gasteiger partial charge in [0.15, 0.2) is 5.96 Å². The van der Waals surface area contributed by atoms with Crippen molar-refractivity contribution in [2.24, 2.45) is 10.9 Å². The molecule has 3 rings (SSSR count). The second-order valence-electron chi connectivity index (χ2n) is 8.35. The van der Waals surface area contributed by atoms with Gasteiger partial charge in [0.1, 0.15) is 5.75 Å². The van der Waals surface area contributed by atoms with Crippen LogP contribution in [0.25, 0.3) is 0 Å². The minimum absolute atomic E-state index is 0. The Hall–Kier alpha value is -1.10. The second-order valence-corrected chi connectivity index (χ2v) is 8.35. The first kappa shape index (κ1) is 26.2. The first-order chi connectivity index (χ1) is 14.7. The van der Waals surface area contributed by atoms with E-state index in [-0.39, 0.29) is 30.0 Å². The maximum Gasteiger partial charge on any atom is 0.191 e. The summed E-state index contributed by atoms with van der Waals surface area (Å²) in [5, 5.41) is 7.08. The van der Waals surface area contributed by atoms with Crippen molar-refractivity contribution in [2.75, 3.05) is 73.2 Å². The first-order valence-corrected chi connectivity index (χ1v) is 11.3. The maximum absolute atomic E-state index is 5.66. The van der Waals surface area contributed by atoms with Crippen molar-refractivity contribution >= 4 is 29.9 Å². The molecule has 2 N–H and O–H groups in total. The van der Waals surface area contributed by atoms with Crippen molar-refractivity contribution in [3.8, 4) is 5.75 Å². The highest BCUT2D eigenvalue weighted by atomic mass is 127. The van der Waals surface area contributed by atoms with Crippen LogP contribution in [0.15, 0.2) is 29.3 Å². The summed E-state index contributed by atoms with van der Waals surface area (Å²) >= 11 is 0. The standard InChI is InChI=1S/C23H39N5O2.HI/c1-19(18-27-12-14-30-15-13-27)16-25-23(24-2)26-17-21(28-10-6-7-11-28)20-8-4-5-9-22(20)29-3;/h4-5,8-9,19,21H,6-7,10-18H2,1-3H3,(H2,24,25,26);1H. The zero-order chi connectivity index (χ0) is 21.2. The summed E-state index contributed by atoms with van der Waals surface area (Å²) in [6, 6.07) is 8.64. The maximum atomic E-state index is 5.66. The molecule has 1 aromatic rings. The van der Waals surface area contributed by atoms with E-state index in [4.69, 9.17) is 9.47 Å². The number of rotatable bonds is 9. The van der Waals surface area contributed by atoms with Gasteiger partial charge < -0.3 is 20.1 Å². The molecule has 7 nitrogen and oxygen atoms in total. The smallest absolute Gasteiger partial charge is 0.191 e. The van der Waals surface area contributed by atoms with Gasteiger partial charge in [-0.25, -0.2) is 0 Å². The van der Waals surface area contributed by atoms with Crippen LogP contribution in [0.1, 0.15) is 31.4 Å². The molecule has 2 aliphatic rings. The number of guanidine groups is 1. The highest BCUT2D eigenvalue weighted by molar-refractivity contribution is 14.0. The molecule has 0 aliphatic carbocycles. The number of methoxy groups -OCH3 is 1. The summed E-state index contributed by atoms with van der Waals surface area (Å²) in [6.45, 7) is 11.1. The fraction of sp³-hybridized carbons (Fsp3) is 0.696. The summed E-state index contributed by atoms with van der Waals surface area (Å²) < 4.78 is 11.1. The molecule has 2 aliphatic heterocycles. The Morgan fingerprint density at radius 2 is 1.77 bits per heavy atom. The van der Waals surface area contributed by atoms with Crippen LogP contribution in [-0.2, 0) is 4.74 Å². The van der Waals surface area contributed by atoms with Crippen molar-refractivity contribution < 1.29 is 9.47 Å². The number of para-hydroxylation sites is 1. The van der Waals surface area contributed by atoms with Gasteiger partial charge in [0.2, 0.25) is 0 Å². The van der Waals surface area contributed by atoms with Crippen LogP contribution < -0.4 is 15.4 Å². The number of nitrogens with one attached hydrogen (secondary N) is 2. The number of morpholine rings is 1. The molecule has 0 spiro atoms. The number of hydrogen-bond donors (Lipinski definition) is 2. The van der Waals surface area contributed by atoms with Gasteiger partial charge in [-0.1, -0.05) is 25.1 Å². The van der Waals surface area contributed by atoms with Crippen LogP contribution in [0.4, 0.5) is 0 Å². The van der Waals surface area contributed by atoms with Gasteiger partial charge in [-0.2, -0.15) is 0 Å². The van der Waals surface area contributed by atoms with Crippen molar-refractivity contribution in [3.05, 3.63) is 29.8 Å². The lowest BCUT2D eigenvalue weighted by Gasteiger charge is -2.31. The van der Waals surface area contributed by atoms with E-state index in [9.17, 15) is 0 Å². The van der Waals surface area contributed by atoms with Crippen LogP contribution in [0.2, 0.25) is 0 Å². The lowest BCUT2D eigenvalue weighted by atomic mass is 10.0. The van der Waals surface area contributed by atoms with Crippen LogP contribution in [-0.4, -0.2) is 88.9 Å². The molecule has 0 amide bonds. The second kappa shape index (κ2) is 14.1. The van der Waals surface area contributed by atoms with E-state index in [2.05, 4.69) is 50.5 Å². The Morgan fingerprint density at radius 3 is 2.45 bits per heavy atom. The highest BCUT2D eigenvalue weighted by Gasteiger charge is 2.26. The average Bonchev–Trinajstić information content (AvgIpc) is 3.31. The van der Waals surface area contributed by atoms with Gasteiger partial charge in [-0.15, -0.1) is 24.0 Å². The van der Waals surface area contributed by atoms with Crippen molar-refractivity contribution in [1.29, 1.82) is 0 Å². The number of hydrogen-bond acceptors (Lipinski definition) is 5. The van der Waals surface area contributed by atoms with Gasteiger partial charge in [-0.05, 0) is 37.9 Å². The lowest BCUT2D eigenvalue weighted by Crippen LogP contribution is -2.45. The number of aliphatic imine (C=N–C) groups is 1. The molecule has 2 atom stereocenters. The lowest BCUT2D eigenvalue weighted by molar-refractivity contribution is 0.0320. The molecule has 8 heteroatoms. The van der Waals surface area contributed by atoms with Gasteiger partial charge >= 0.3 is 0 Å². The first-order valence-electron chi connectivity index (χ1n) is 11.3. The summed E-state index contributed by atoms with van der Waals surface area (Å²) in [5.41, 5.74) is 1.24. The van der Waals surface area contributed by atoms with Crippen LogP contribution in [0, 0.1) is 5.92 Å². The van der Waals surface area contributed by atoms with Crippen molar-refractivity contribution in [3.63, 3.8) is 0 Å². The summed E-state index contributed by atoms with van der Waals surface area (Å²) in [7, 11) is 3.60. The monoisotopic (exact) mass is 545 g/mol. The predicted molar refractivity (Wildman–Crippen MR) is 138 cm³/mol. The number of nitrogens with zero attached hydrogens (tertiary/aromatic N) is 3. The van der Waals surface area contributed by atoms with Gasteiger partial charge in [0.25, 0.3) is 0 Å². The molecule has 2 heterocycles. The predicted octanol–water partition coefficient (Wildman–Crippen LogP) is 2.58. The summed E-state index contributed by atoms with van der Waals surface area (Å²) in [6.07, 6.45) is 2.52. The molecule has 2 saturated heterocycles. The number of ether oxygens (including phenoxy) is 2. The topological polar surface area (TPSA) is 61.4 Å². The Labute approximate surface area is 205 Å². The highest BCUT2D eigenvalue weighted by Crippen LogP contribution is 2.31. The van der Waals surface area contributed by atoms with Gasteiger partial charge in [0, 0.05) is 45.3 Å².